The van der Waals surface area contributed by atoms with E-state index in [1.54, 1.807) is 17.5 Å². The Bertz CT molecular complexity index is 473. The van der Waals surface area contributed by atoms with Gasteiger partial charge in [0.25, 0.3) is 0 Å². The first-order valence-corrected chi connectivity index (χ1v) is 6.78. The number of aromatic nitrogens is 1. The second kappa shape index (κ2) is 5.47. The van der Waals surface area contributed by atoms with Gasteiger partial charge in [0.15, 0.2) is 5.76 Å². The summed E-state index contributed by atoms with van der Waals surface area (Å²) in [6.45, 7) is 7.23. The summed E-state index contributed by atoms with van der Waals surface area (Å²) in [6.07, 6.45) is 2.87. The summed E-state index contributed by atoms with van der Waals surface area (Å²) in [5.41, 5.74) is 1.13. The van der Waals surface area contributed by atoms with E-state index >= 15 is 0 Å². The molecule has 2 aromatic heterocycles. The summed E-state index contributed by atoms with van der Waals surface area (Å²) in [5, 5.41) is 7.29. The SMILES string of the molecule is CCc1ccc(-c2oncc2CNC(C)C)s1. The molecule has 0 bridgehead atoms. The summed E-state index contributed by atoms with van der Waals surface area (Å²) in [4.78, 5) is 2.54. The highest BCUT2D eigenvalue weighted by Gasteiger charge is 2.12. The molecule has 0 aromatic carbocycles. The molecule has 0 amide bonds. The lowest BCUT2D eigenvalue weighted by atomic mass is 10.2. The Kier molecular flexibility index (Phi) is 3.97. The van der Waals surface area contributed by atoms with E-state index < -0.39 is 0 Å². The molecule has 2 heterocycles. The Hall–Kier alpha value is -1.13. The van der Waals surface area contributed by atoms with Gasteiger partial charge in [-0.2, -0.15) is 0 Å². The fraction of sp³-hybridized carbons (Fsp3) is 0.462. The number of hydrogen-bond acceptors (Lipinski definition) is 4. The molecule has 0 unspecified atom stereocenters. The molecule has 0 aliphatic heterocycles. The Morgan fingerprint density at radius 2 is 2.24 bits per heavy atom. The smallest absolute Gasteiger partial charge is 0.181 e. The van der Waals surface area contributed by atoms with E-state index in [0.29, 0.717) is 6.04 Å². The zero-order valence-electron chi connectivity index (χ0n) is 10.5. The number of nitrogens with zero attached hydrogens (tertiary/aromatic N) is 1. The fourth-order valence-electron chi connectivity index (χ4n) is 1.59. The van der Waals surface area contributed by atoms with Crippen LogP contribution < -0.4 is 5.32 Å². The van der Waals surface area contributed by atoms with Crippen molar-refractivity contribution in [3.63, 3.8) is 0 Å². The van der Waals surface area contributed by atoms with Crippen molar-refractivity contribution in [3.8, 4) is 10.6 Å². The minimum absolute atomic E-state index is 0.465. The Labute approximate surface area is 106 Å². The summed E-state index contributed by atoms with van der Waals surface area (Å²) in [5.74, 6) is 0.905. The molecule has 3 nitrogen and oxygen atoms in total. The molecular formula is C13H18N2OS. The van der Waals surface area contributed by atoms with E-state index in [0.717, 1.165) is 24.3 Å². The molecule has 2 aromatic rings. The van der Waals surface area contributed by atoms with Gasteiger partial charge in [0.05, 0.1) is 11.1 Å². The van der Waals surface area contributed by atoms with E-state index in [1.807, 2.05) is 0 Å². The average Bonchev–Trinajstić information content (AvgIpc) is 2.94. The molecule has 0 radical (unpaired) electrons. The van der Waals surface area contributed by atoms with Crippen LogP contribution in [0.5, 0.6) is 0 Å². The van der Waals surface area contributed by atoms with Crippen LogP contribution in [0, 0.1) is 0 Å². The first-order chi connectivity index (χ1) is 8.20. The van der Waals surface area contributed by atoms with Crippen LogP contribution in [0.15, 0.2) is 22.9 Å². The van der Waals surface area contributed by atoms with Gasteiger partial charge in [-0.25, -0.2) is 0 Å². The van der Waals surface area contributed by atoms with Crippen molar-refractivity contribution in [2.45, 2.75) is 39.8 Å². The third kappa shape index (κ3) is 2.96. The van der Waals surface area contributed by atoms with Gasteiger partial charge in [-0.3, -0.25) is 0 Å². The minimum Gasteiger partial charge on any atom is -0.355 e. The van der Waals surface area contributed by atoms with Gasteiger partial charge < -0.3 is 9.84 Å². The minimum atomic E-state index is 0.465. The predicted molar refractivity (Wildman–Crippen MR) is 71.2 cm³/mol. The van der Waals surface area contributed by atoms with Gasteiger partial charge >= 0.3 is 0 Å². The molecule has 17 heavy (non-hydrogen) atoms. The molecule has 0 aliphatic rings. The lowest BCUT2D eigenvalue weighted by molar-refractivity contribution is 0.432. The van der Waals surface area contributed by atoms with Crippen molar-refractivity contribution in [3.05, 3.63) is 28.8 Å². The lowest BCUT2D eigenvalue weighted by Gasteiger charge is -2.06. The van der Waals surface area contributed by atoms with Gasteiger partial charge in [-0.05, 0) is 18.6 Å². The molecule has 0 atom stereocenters. The second-order valence-electron chi connectivity index (χ2n) is 4.34. The predicted octanol–water partition coefficient (Wildman–Crippen LogP) is 3.46. The highest BCUT2D eigenvalue weighted by Crippen LogP contribution is 2.30. The molecule has 0 saturated carbocycles. The van der Waals surface area contributed by atoms with Gasteiger partial charge in [0.2, 0.25) is 0 Å². The van der Waals surface area contributed by atoms with Crippen LogP contribution in [0.4, 0.5) is 0 Å². The van der Waals surface area contributed by atoms with E-state index in [9.17, 15) is 0 Å². The molecular weight excluding hydrogens is 232 g/mol. The summed E-state index contributed by atoms with van der Waals surface area (Å²) in [6, 6.07) is 4.73. The lowest BCUT2D eigenvalue weighted by Crippen LogP contribution is -2.21. The first kappa shape index (κ1) is 12.3. The Morgan fingerprint density at radius 1 is 1.41 bits per heavy atom. The number of rotatable bonds is 5. The van der Waals surface area contributed by atoms with E-state index in [1.165, 1.54) is 9.75 Å². The zero-order chi connectivity index (χ0) is 12.3. The van der Waals surface area contributed by atoms with Gasteiger partial charge in [-0.1, -0.05) is 25.9 Å². The third-order valence-corrected chi connectivity index (χ3v) is 3.81. The van der Waals surface area contributed by atoms with E-state index in [-0.39, 0.29) is 0 Å². The third-order valence-electron chi connectivity index (χ3n) is 2.58. The van der Waals surface area contributed by atoms with Crippen molar-refractivity contribution in [1.82, 2.24) is 10.5 Å². The molecule has 2 rings (SSSR count). The van der Waals surface area contributed by atoms with Gasteiger partial charge in [-0.15, -0.1) is 11.3 Å². The summed E-state index contributed by atoms with van der Waals surface area (Å²) < 4.78 is 5.36. The Balaban J connectivity index is 2.18. The highest BCUT2D eigenvalue weighted by atomic mass is 32.1. The number of thiophene rings is 1. The van der Waals surface area contributed by atoms with Crippen molar-refractivity contribution < 1.29 is 4.52 Å². The molecule has 0 spiro atoms. The van der Waals surface area contributed by atoms with Gasteiger partial charge in [0, 0.05) is 23.0 Å². The fourth-order valence-corrected chi connectivity index (χ4v) is 2.55. The normalized spacial score (nSPS) is 11.3. The van der Waals surface area contributed by atoms with Crippen LogP contribution in [0.3, 0.4) is 0 Å². The van der Waals surface area contributed by atoms with Gasteiger partial charge in [0.1, 0.15) is 0 Å². The molecule has 0 aliphatic carbocycles. The topological polar surface area (TPSA) is 38.1 Å². The van der Waals surface area contributed by atoms with E-state index in [2.05, 4.69) is 43.4 Å². The first-order valence-electron chi connectivity index (χ1n) is 5.96. The number of hydrogen-bond donors (Lipinski definition) is 1. The second-order valence-corrected chi connectivity index (χ2v) is 5.50. The van der Waals surface area contributed by atoms with Crippen molar-refractivity contribution in [2.24, 2.45) is 0 Å². The Morgan fingerprint density at radius 3 is 2.88 bits per heavy atom. The zero-order valence-corrected chi connectivity index (χ0v) is 11.3. The van der Waals surface area contributed by atoms with E-state index in [4.69, 9.17) is 4.52 Å². The number of nitrogens with one attached hydrogen (secondary N) is 1. The highest BCUT2D eigenvalue weighted by molar-refractivity contribution is 7.15. The maximum atomic E-state index is 5.36. The standard InChI is InChI=1S/C13H18N2OS/c1-4-11-5-6-12(17-11)13-10(8-15-16-13)7-14-9(2)3/h5-6,8-9,14H,4,7H2,1-3H3. The quantitative estimate of drug-likeness (QED) is 0.883. The molecule has 0 fully saturated rings. The maximum absolute atomic E-state index is 5.36. The summed E-state index contributed by atoms with van der Waals surface area (Å²) in [7, 11) is 0. The number of aryl methyl sites for hydroxylation is 1. The van der Waals surface area contributed by atoms with Crippen molar-refractivity contribution >= 4 is 11.3 Å². The molecule has 4 heteroatoms. The monoisotopic (exact) mass is 250 g/mol. The molecule has 92 valence electrons. The molecule has 0 saturated heterocycles. The van der Waals surface area contributed by atoms with Crippen LogP contribution in [0.2, 0.25) is 0 Å². The average molecular weight is 250 g/mol. The van der Waals surface area contributed by atoms with Crippen LogP contribution in [-0.4, -0.2) is 11.2 Å². The molecule has 1 N–H and O–H groups in total. The van der Waals surface area contributed by atoms with Crippen LogP contribution in [-0.2, 0) is 13.0 Å². The van der Waals surface area contributed by atoms with Crippen LogP contribution in [0.1, 0.15) is 31.2 Å². The van der Waals surface area contributed by atoms with Crippen LogP contribution in [0.25, 0.3) is 10.6 Å². The van der Waals surface area contributed by atoms with Crippen LogP contribution >= 0.6 is 11.3 Å². The summed E-state index contributed by atoms with van der Waals surface area (Å²) >= 11 is 1.78. The maximum Gasteiger partial charge on any atom is 0.181 e. The van der Waals surface area contributed by atoms with Crippen molar-refractivity contribution in [2.75, 3.05) is 0 Å². The van der Waals surface area contributed by atoms with Crippen molar-refractivity contribution in [1.29, 1.82) is 0 Å². The largest absolute Gasteiger partial charge is 0.355 e.